The summed E-state index contributed by atoms with van der Waals surface area (Å²) in [6, 6.07) is 2.62. The Labute approximate surface area is 152 Å². The number of nitrogens with one attached hydrogen (secondary N) is 2. The third kappa shape index (κ3) is 6.03. The first-order chi connectivity index (χ1) is 12.1. The lowest BCUT2D eigenvalue weighted by atomic mass is 9.99. The lowest BCUT2D eigenvalue weighted by Gasteiger charge is -2.25. The van der Waals surface area contributed by atoms with Crippen molar-refractivity contribution in [2.24, 2.45) is 10.9 Å². The summed E-state index contributed by atoms with van der Waals surface area (Å²) in [4.78, 5) is 6.97. The largest absolute Gasteiger partial charge is 0.359 e. The van der Waals surface area contributed by atoms with Crippen LogP contribution in [0.1, 0.15) is 63.8 Å². The molecule has 0 saturated heterocycles. The molecule has 2 rings (SSSR count). The minimum atomic E-state index is 0.479. The van der Waals surface area contributed by atoms with E-state index in [1.807, 2.05) is 0 Å². The zero-order valence-electron chi connectivity index (χ0n) is 16.5. The highest BCUT2D eigenvalue weighted by Gasteiger charge is 2.32. The summed E-state index contributed by atoms with van der Waals surface area (Å²) in [5.74, 6) is 2.97. The SMILES string of the molecule is CCNC(=NCc1cc(C(CC)CC)no1)NCC(C1CC1)N(C)C. The molecule has 6 heteroatoms. The molecule has 1 aliphatic rings. The summed E-state index contributed by atoms with van der Waals surface area (Å²) in [5, 5.41) is 11.0. The van der Waals surface area contributed by atoms with Gasteiger partial charge in [-0.05, 0) is 52.6 Å². The van der Waals surface area contributed by atoms with Crippen LogP contribution in [0.3, 0.4) is 0 Å². The Hall–Kier alpha value is -1.56. The van der Waals surface area contributed by atoms with Crippen LogP contribution >= 0.6 is 0 Å². The fourth-order valence-corrected chi connectivity index (χ4v) is 3.25. The normalized spacial score (nSPS) is 16.5. The van der Waals surface area contributed by atoms with Crippen LogP contribution in [-0.4, -0.2) is 49.2 Å². The van der Waals surface area contributed by atoms with Crippen molar-refractivity contribution in [3.8, 4) is 0 Å². The fourth-order valence-electron chi connectivity index (χ4n) is 3.25. The molecule has 0 aromatic carbocycles. The van der Waals surface area contributed by atoms with Crippen LogP contribution in [0.2, 0.25) is 0 Å². The van der Waals surface area contributed by atoms with E-state index in [9.17, 15) is 0 Å². The van der Waals surface area contributed by atoms with Crippen molar-refractivity contribution < 1.29 is 4.52 Å². The highest BCUT2D eigenvalue weighted by atomic mass is 16.5. The van der Waals surface area contributed by atoms with E-state index in [1.165, 1.54) is 12.8 Å². The first kappa shape index (κ1) is 19.8. The van der Waals surface area contributed by atoms with Gasteiger partial charge in [0.1, 0.15) is 6.54 Å². The van der Waals surface area contributed by atoms with Crippen molar-refractivity contribution in [2.45, 2.75) is 65.0 Å². The molecule has 2 N–H and O–H groups in total. The highest BCUT2D eigenvalue weighted by Crippen LogP contribution is 2.34. The molecule has 0 radical (unpaired) electrons. The summed E-state index contributed by atoms with van der Waals surface area (Å²) in [6.07, 6.45) is 4.86. The summed E-state index contributed by atoms with van der Waals surface area (Å²) < 4.78 is 5.47. The predicted octanol–water partition coefficient (Wildman–Crippen LogP) is 2.97. The highest BCUT2D eigenvalue weighted by molar-refractivity contribution is 5.79. The van der Waals surface area contributed by atoms with E-state index in [0.29, 0.717) is 18.5 Å². The Morgan fingerprint density at radius 2 is 2.00 bits per heavy atom. The molecule has 1 aromatic heterocycles. The molecule has 1 unspecified atom stereocenters. The average Bonchev–Trinajstić information content (AvgIpc) is 3.32. The maximum absolute atomic E-state index is 5.47. The van der Waals surface area contributed by atoms with E-state index in [-0.39, 0.29) is 0 Å². The zero-order valence-corrected chi connectivity index (χ0v) is 16.5. The van der Waals surface area contributed by atoms with Crippen molar-refractivity contribution in [1.29, 1.82) is 0 Å². The average molecular weight is 350 g/mol. The van der Waals surface area contributed by atoms with Gasteiger partial charge in [0.2, 0.25) is 0 Å². The van der Waals surface area contributed by atoms with E-state index < -0.39 is 0 Å². The summed E-state index contributed by atoms with van der Waals surface area (Å²) >= 11 is 0. The van der Waals surface area contributed by atoms with Gasteiger partial charge in [0.15, 0.2) is 11.7 Å². The van der Waals surface area contributed by atoms with Crippen LogP contribution in [0.25, 0.3) is 0 Å². The van der Waals surface area contributed by atoms with Crippen LogP contribution in [0.5, 0.6) is 0 Å². The maximum Gasteiger partial charge on any atom is 0.191 e. The second-order valence-corrected chi connectivity index (χ2v) is 7.18. The van der Waals surface area contributed by atoms with Gasteiger partial charge in [0.05, 0.1) is 5.69 Å². The second kappa shape index (κ2) is 9.80. The lowest BCUT2D eigenvalue weighted by molar-refractivity contribution is 0.264. The quantitative estimate of drug-likeness (QED) is 0.502. The summed E-state index contributed by atoms with van der Waals surface area (Å²) in [6.45, 7) is 8.74. The van der Waals surface area contributed by atoms with Gasteiger partial charge in [-0.3, -0.25) is 0 Å². The monoisotopic (exact) mass is 349 g/mol. The van der Waals surface area contributed by atoms with Crippen LogP contribution in [0.4, 0.5) is 0 Å². The van der Waals surface area contributed by atoms with Crippen LogP contribution in [-0.2, 0) is 6.54 Å². The number of hydrogen-bond donors (Lipinski definition) is 2. The van der Waals surface area contributed by atoms with E-state index in [4.69, 9.17) is 4.52 Å². The molecular weight excluding hydrogens is 314 g/mol. The standard InChI is InChI=1S/C19H35N5O/c1-6-14(7-2)17-11-16(25-23-17)12-21-19(20-8-3)22-13-18(24(4)5)15-9-10-15/h11,14-15,18H,6-10,12-13H2,1-5H3,(H2,20,21,22). The molecule has 1 heterocycles. The minimum Gasteiger partial charge on any atom is -0.359 e. The maximum atomic E-state index is 5.47. The van der Waals surface area contributed by atoms with Crippen molar-refractivity contribution in [2.75, 3.05) is 27.2 Å². The Morgan fingerprint density at radius 1 is 1.28 bits per heavy atom. The van der Waals surface area contributed by atoms with Gasteiger partial charge in [0, 0.05) is 31.1 Å². The van der Waals surface area contributed by atoms with E-state index >= 15 is 0 Å². The molecular formula is C19H35N5O. The number of likely N-dealkylation sites (N-methyl/N-ethyl adjacent to an activating group) is 1. The zero-order chi connectivity index (χ0) is 18.2. The van der Waals surface area contributed by atoms with Gasteiger partial charge < -0.3 is 20.1 Å². The molecule has 0 bridgehead atoms. The predicted molar refractivity (Wildman–Crippen MR) is 103 cm³/mol. The fraction of sp³-hybridized carbons (Fsp3) is 0.789. The number of hydrogen-bond acceptors (Lipinski definition) is 4. The number of rotatable bonds is 10. The molecule has 1 saturated carbocycles. The molecule has 0 spiro atoms. The number of nitrogens with zero attached hydrogens (tertiary/aromatic N) is 3. The van der Waals surface area contributed by atoms with Crippen molar-refractivity contribution in [3.63, 3.8) is 0 Å². The lowest BCUT2D eigenvalue weighted by Crippen LogP contribution is -2.46. The molecule has 1 fully saturated rings. The van der Waals surface area contributed by atoms with Gasteiger partial charge in [-0.2, -0.15) is 0 Å². The molecule has 1 atom stereocenters. The smallest absolute Gasteiger partial charge is 0.191 e. The molecule has 142 valence electrons. The van der Waals surface area contributed by atoms with Gasteiger partial charge in [0.25, 0.3) is 0 Å². The van der Waals surface area contributed by atoms with Crippen LogP contribution in [0, 0.1) is 5.92 Å². The summed E-state index contributed by atoms with van der Waals surface area (Å²) in [5.41, 5.74) is 1.05. The van der Waals surface area contributed by atoms with E-state index in [0.717, 1.165) is 49.3 Å². The van der Waals surface area contributed by atoms with Crippen molar-refractivity contribution in [1.82, 2.24) is 20.7 Å². The Morgan fingerprint density at radius 3 is 2.56 bits per heavy atom. The number of aliphatic imine (C=N–C) groups is 1. The van der Waals surface area contributed by atoms with Crippen LogP contribution < -0.4 is 10.6 Å². The van der Waals surface area contributed by atoms with Gasteiger partial charge in [-0.25, -0.2) is 4.99 Å². The topological polar surface area (TPSA) is 65.7 Å². The Kier molecular flexibility index (Phi) is 7.75. The molecule has 1 aromatic rings. The minimum absolute atomic E-state index is 0.479. The second-order valence-electron chi connectivity index (χ2n) is 7.18. The third-order valence-electron chi connectivity index (χ3n) is 5.03. The number of guanidine groups is 1. The third-order valence-corrected chi connectivity index (χ3v) is 5.03. The van der Waals surface area contributed by atoms with Crippen molar-refractivity contribution in [3.05, 3.63) is 17.5 Å². The Bertz CT molecular complexity index is 530. The van der Waals surface area contributed by atoms with Gasteiger partial charge in [-0.15, -0.1) is 0 Å². The first-order valence-corrected chi connectivity index (χ1v) is 9.73. The van der Waals surface area contributed by atoms with Gasteiger partial charge >= 0.3 is 0 Å². The molecule has 0 aliphatic heterocycles. The first-order valence-electron chi connectivity index (χ1n) is 9.73. The molecule has 25 heavy (non-hydrogen) atoms. The van der Waals surface area contributed by atoms with E-state index in [1.54, 1.807) is 0 Å². The van der Waals surface area contributed by atoms with Crippen LogP contribution in [0.15, 0.2) is 15.6 Å². The van der Waals surface area contributed by atoms with Crippen molar-refractivity contribution >= 4 is 5.96 Å². The summed E-state index contributed by atoms with van der Waals surface area (Å²) in [7, 11) is 4.31. The van der Waals surface area contributed by atoms with Gasteiger partial charge in [-0.1, -0.05) is 19.0 Å². The number of aromatic nitrogens is 1. The van der Waals surface area contributed by atoms with E-state index in [2.05, 4.69) is 66.6 Å². The molecule has 6 nitrogen and oxygen atoms in total. The Balaban J connectivity index is 1.92. The molecule has 1 aliphatic carbocycles. The molecule has 0 amide bonds.